The van der Waals surface area contributed by atoms with E-state index in [-0.39, 0.29) is 0 Å². The highest BCUT2D eigenvalue weighted by Gasteiger charge is 2.12. The molecule has 0 unspecified atom stereocenters. The number of rotatable bonds is 11. The van der Waals surface area contributed by atoms with Gasteiger partial charge in [0.2, 0.25) is 0 Å². The van der Waals surface area contributed by atoms with E-state index in [1.54, 1.807) is 0 Å². The molecule has 0 heterocycles. The topological polar surface area (TPSA) is 15.3 Å². The Morgan fingerprint density at radius 3 is 2.27 bits per heavy atom. The van der Waals surface area contributed by atoms with Crippen molar-refractivity contribution in [3.8, 4) is 0 Å². The van der Waals surface area contributed by atoms with Gasteiger partial charge in [-0.25, -0.2) is 0 Å². The molecule has 0 spiro atoms. The molecule has 1 aromatic carbocycles. The minimum absolute atomic E-state index is 0.640. The predicted molar refractivity (Wildman–Crippen MR) is 98.9 cm³/mol. The molecule has 3 heteroatoms. The highest BCUT2D eigenvalue weighted by atomic mass is 35.5. The zero-order valence-electron chi connectivity index (χ0n) is 14.7. The summed E-state index contributed by atoms with van der Waals surface area (Å²) in [6.07, 6.45) is 4.97. The number of nitrogens with zero attached hydrogens (tertiary/aromatic N) is 1. The zero-order chi connectivity index (χ0) is 16.4. The Labute approximate surface area is 142 Å². The number of benzene rings is 1. The fraction of sp³-hybridized carbons (Fsp3) is 0.684. The van der Waals surface area contributed by atoms with Crippen LogP contribution in [0.5, 0.6) is 0 Å². The Balaban J connectivity index is 2.40. The van der Waals surface area contributed by atoms with Crippen molar-refractivity contribution in [2.45, 2.75) is 45.4 Å². The summed E-state index contributed by atoms with van der Waals surface area (Å²) < 4.78 is 0. The average Bonchev–Trinajstić information content (AvgIpc) is 2.46. The van der Waals surface area contributed by atoms with Crippen LogP contribution in [0.4, 0.5) is 0 Å². The fourth-order valence-corrected chi connectivity index (χ4v) is 2.79. The summed E-state index contributed by atoms with van der Waals surface area (Å²) in [5.41, 5.74) is 1.43. The molecule has 0 amide bonds. The van der Waals surface area contributed by atoms with Crippen LogP contribution in [0.15, 0.2) is 24.3 Å². The fourth-order valence-electron chi connectivity index (χ4n) is 2.67. The molecular weight excluding hydrogens is 292 g/mol. The Morgan fingerprint density at radius 1 is 1.00 bits per heavy atom. The molecular formula is C19H33ClN2. The lowest BCUT2D eigenvalue weighted by molar-refractivity contribution is 0.392. The molecule has 1 atom stereocenters. The Hall–Kier alpha value is -0.570. The first-order chi connectivity index (χ1) is 10.5. The number of hydrogen-bond donors (Lipinski definition) is 1. The molecule has 0 radical (unpaired) electrons. The molecule has 0 bridgehead atoms. The van der Waals surface area contributed by atoms with Gasteiger partial charge in [0.25, 0.3) is 0 Å². The van der Waals surface area contributed by atoms with Crippen molar-refractivity contribution in [1.82, 2.24) is 10.2 Å². The minimum atomic E-state index is 0.640. The van der Waals surface area contributed by atoms with Gasteiger partial charge in [-0.3, -0.25) is 0 Å². The van der Waals surface area contributed by atoms with E-state index in [1.165, 1.54) is 31.2 Å². The maximum atomic E-state index is 6.01. The molecule has 0 aliphatic heterocycles. The van der Waals surface area contributed by atoms with E-state index in [4.69, 9.17) is 11.6 Å². The maximum Gasteiger partial charge on any atom is 0.0406 e. The first-order valence-electron chi connectivity index (χ1n) is 8.60. The van der Waals surface area contributed by atoms with Crippen LogP contribution >= 0.6 is 11.6 Å². The molecule has 126 valence electrons. The van der Waals surface area contributed by atoms with Crippen molar-refractivity contribution in [2.75, 3.05) is 33.7 Å². The van der Waals surface area contributed by atoms with Crippen molar-refractivity contribution in [3.05, 3.63) is 34.9 Å². The zero-order valence-corrected chi connectivity index (χ0v) is 15.5. The van der Waals surface area contributed by atoms with Crippen LogP contribution in [0.25, 0.3) is 0 Å². The van der Waals surface area contributed by atoms with Crippen LogP contribution in [0, 0.1) is 5.92 Å². The standard InChI is InChI=1S/C19H33ClN2/c1-16(2)6-7-18(17-8-10-19(20)11-9-17)12-14-21-13-5-15-22(3)4/h8-11,16,18,21H,5-7,12-15H2,1-4H3/t18-/m0/s1. The van der Waals surface area contributed by atoms with Crippen LogP contribution < -0.4 is 5.32 Å². The molecule has 1 aromatic rings. The van der Waals surface area contributed by atoms with E-state index >= 15 is 0 Å². The highest BCUT2D eigenvalue weighted by molar-refractivity contribution is 6.30. The second kappa shape index (κ2) is 11.0. The third-order valence-electron chi connectivity index (χ3n) is 4.06. The van der Waals surface area contributed by atoms with Gasteiger partial charge in [0.15, 0.2) is 0 Å². The van der Waals surface area contributed by atoms with Crippen LogP contribution in [-0.2, 0) is 0 Å². The van der Waals surface area contributed by atoms with Gasteiger partial charge >= 0.3 is 0 Å². The molecule has 0 saturated carbocycles. The average molecular weight is 325 g/mol. The van der Waals surface area contributed by atoms with Gasteiger partial charge in [0.05, 0.1) is 0 Å². The highest BCUT2D eigenvalue weighted by Crippen LogP contribution is 2.27. The van der Waals surface area contributed by atoms with Crippen molar-refractivity contribution >= 4 is 11.6 Å². The molecule has 0 aliphatic rings. The SMILES string of the molecule is CC(C)CC[C@@H](CCNCCCN(C)C)c1ccc(Cl)cc1. The van der Waals surface area contributed by atoms with Crippen LogP contribution in [0.2, 0.25) is 5.02 Å². The lowest BCUT2D eigenvalue weighted by Crippen LogP contribution is -2.23. The maximum absolute atomic E-state index is 6.01. The molecule has 0 aromatic heterocycles. The predicted octanol–water partition coefficient (Wildman–Crippen LogP) is 4.79. The van der Waals surface area contributed by atoms with Gasteiger partial charge in [-0.2, -0.15) is 0 Å². The van der Waals surface area contributed by atoms with Gasteiger partial charge < -0.3 is 10.2 Å². The van der Waals surface area contributed by atoms with E-state index in [0.717, 1.165) is 30.6 Å². The van der Waals surface area contributed by atoms with Crippen molar-refractivity contribution in [1.29, 1.82) is 0 Å². The largest absolute Gasteiger partial charge is 0.317 e. The van der Waals surface area contributed by atoms with Crippen LogP contribution in [-0.4, -0.2) is 38.6 Å². The molecule has 0 fully saturated rings. The molecule has 0 aliphatic carbocycles. The Morgan fingerprint density at radius 2 is 1.68 bits per heavy atom. The second-order valence-corrected chi connectivity index (χ2v) is 7.35. The van der Waals surface area contributed by atoms with E-state index in [0.29, 0.717) is 5.92 Å². The lowest BCUT2D eigenvalue weighted by atomic mass is 9.89. The molecule has 1 rings (SSSR count). The number of hydrogen-bond acceptors (Lipinski definition) is 2. The third-order valence-corrected chi connectivity index (χ3v) is 4.31. The number of halogens is 1. The second-order valence-electron chi connectivity index (χ2n) is 6.92. The monoisotopic (exact) mass is 324 g/mol. The molecule has 2 nitrogen and oxygen atoms in total. The van der Waals surface area contributed by atoms with E-state index in [2.05, 4.69) is 50.3 Å². The molecule has 0 saturated heterocycles. The Bertz CT molecular complexity index is 387. The van der Waals surface area contributed by atoms with Gasteiger partial charge in [-0.1, -0.05) is 44.0 Å². The summed E-state index contributed by atoms with van der Waals surface area (Å²) in [7, 11) is 4.25. The summed E-state index contributed by atoms with van der Waals surface area (Å²) in [6.45, 7) is 7.96. The molecule has 22 heavy (non-hydrogen) atoms. The smallest absolute Gasteiger partial charge is 0.0406 e. The van der Waals surface area contributed by atoms with E-state index in [9.17, 15) is 0 Å². The first kappa shape index (κ1) is 19.5. The van der Waals surface area contributed by atoms with E-state index in [1.807, 2.05) is 12.1 Å². The summed E-state index contributed by atoms with van der Waals surface area (Å²) in [5, 5.41) is 4.41. The van der Waals surface area contributed by atoms with Crippen LogP contribution in [0.3, 0.4) is 0 Å². The summed E-state index contributed by atoms with van der Waals surface area (Å²) in [4.78, 5) is 2.24. The third kappa shape index (κ3) is 8.77. The summed E-state index contributed by atoms with van der Waals surface area (Å²) in [6, 6.07) is 8.42. The van der Waals surface area contributed by atoms with Gasteiger partial charge in [0, 0.05) is 5.02 Å². The quantitative estimate of drug-likeness (QED) is 0.589. The van der Waals surface area contributed by atoms with Gasteiger partial charge in [0.1, 0.15) is 0 Å². The summed E-state index contributed by atoms with van der Waals surface area (Å²) in [5.74, 6) is 1.41. The van der Waals surface area contributed by atoms with Crippen molar-refractivity contribution in [2.24, 2.45) is 5.92 Å². The van der Waals surface area contributed by atoms with Crippen LogP contribution in [0.1, 0.15) is 51.0 Å². The minimum Gasteiger partial charge on any atom is -0.317 e. The van der Waals surface area contributed by atoms with Gasteiger partial charge in [-0.05, 0) is 82.5 Å². The molecule has 1 N–H and O–H groups in total. The number of nitrogens with one attached hydrogen (secondary N) is 1. The first-order valence-corrected chi connectivity index (χ1v) is 8.97. The Kier molecular flexibility index (Phi) is 9.77. The van der Waals surface area contributed by atoms with E-state index < -0.39 is 0 Å². The summed E-state index contributed by atoms with van der Waals surface area (Å²) >= 11 is 6.01. The van der Waals surface area contributed by atoms with Gasteiger partial charge in [-0.15, -0.1) is 0 Å². The van der Waals surface area contributed by atoms with Crippen molar-refractivity contribution < 1.29 is 0 Å². The van der Waals surface area contributed by atoms with Crippen molar-refractivity contribution in [3.63, 3.8) is 0 Å². The lowest BCUT2D eigenvalue weighted by Gasteiger charge is -2.19. The normalized spacial score (nSPS) is 13.0.